The highest BCUT2D eigenvalue weighted by Crippen LogP contribution is 2.23. The third-order valence-electron chi connectivity index (χ3n) is 3.18. The van der Waals surface area contributed by atoms with Crippen molar-refractivity contribution in [2.24, 2.45) is 0 Å². The van der Waals surface area contributed by atoms with Crippen molar-refractivity contribution in [1.29, 1.82) is 0 Å². The predicted molar refractivity (Wildman–Crippen MR) is 89.1 cm³/mol. The molecule has 2 aromatic carbocycles. The van der Waals surface area contributed by atoms with Crippen LogP contribution in [0.1, 0.15) is 15.9 Å². The standard InChI is InChI=1S/C17H17ClN2O4/c18-16-7-6-14(24-11-13-4-2-1-3-5-13)10-15(16)17(22)19-8-9-20(23)12-21/h1-7,10,12,23H,8-9,11H2,(H,19,22). The molecule has 2 rings (SSSR count). The molecule has 0 saturated heterocycles. The summed E-state index contributed by atoms with van der Waals surface area (Å²) in [5, 5.41) is 12.3. The van der Waals surface area contributed by atoms with Gasteiger partial charge in [0.25, 0.3) is 5.91 Å². The fourth-order valence-electron chi connectivity index (χ4n) is 1.94. The van der Waals surface area contributed by atoms with Crippen LogP contribution in [0.2, 0.25) is 5.02 Å². The third kappa shape index (κ3) is 5.26. The summed E-state index contributed by atoms with van der Waals surface area (Å²) in [4.78, 5) is 22.4. The van der Waals surface area contributed by atoms with Crippen LogP contribution in [0.15, 0.2) is 48.5 Å². The smallest absolute Gasteiger partial charge is 0.252 e. The van der Waals surface area contributed by atoms with Crippen LogP contribution in [0.3, 0.4) is 0 Å². The second kappa shape index (κ2) is 8.90. The highest BCUT2D eigenvalue weighted by atomic mass is 35.5. The van der Waals surface area contributed by atoms with E-state index in [1.165, 1.54) is 0 Å². The summed E-state index contributed by atoms with van der Waals surface area (Å²) in [6.45, 7) is 0.457. The molecule has 2 aromatic rings. The first-order chi connectivity index (χ1) is 11.6. The Morgan fingerprint density at radius 1 is 1.25 bits per heavy atom. The zero-order chi connectivity index (χ0) is 17.4. The molecule has 2 amide bonds. The Balaban J connectivity index is 1.97. The molecule has 24 heavy (non-hydrogen) atoms. The van der Waals surface area contributed by atoms with Gasteiger partial charge in [0.05, 0.1) is 17.1 Å². The molecule has 0 bridgehead atoms. The van der Waals surface area contributed by atoms with E-state index in [9.17, 15) is 9.59 Å². The second-order valence-electron chi connectivity index (χ2n) is 4.94. The number of halogens is 1. The van der Waals surface area contributed by atoms with Crippen LogP contribution in [0.5, 0.6) is 5.75 Å². The van der Waals surface area contributed by atoms with E-state index in [1.807, 2.05) is 30.3 Å². The first kappa shape index (κ1) is 17.8. The van der Waals surface area contributed by atoms with Gasteiger partial charge in [-0.3, -0.25) is 14.8 Å². The number of hydrogen-bond acceptors (Lipinski definition) is 4. The fourth-order valence-corrected chi connectivity index (χ4v) is 2.14. The maximum Gasteiger partial charge on any atom is 0.252 e. The maximum atomic E-state index is 12.1. The molecule has 0 radical (unpaired) electrons. The van der Waals surface area contributed by atoms with Crippen molar-refractivity contribution >= 4 is 23.9 Å². The van der Waals surface area contributed by atoms with Gasteiger partial charge >= 0.3 is 0 Å². The van der Waals surface area contributed by atoms with E-state index in [0.717, 1.165) is 5.56 Å². The van der Waals surface area contributed by atoms with Crippen molar-refractivity contribution in [1.82, 2.24) is 10.4 Å². The zero-order valence-corrected chi connectivity index (χ0v) is 13.6. The Bertz CT molecular complexity index is 694. The molecule has 0 aliphatic rings. The molecule has 0 heterocycles. The molecule has 0 atom stereocenters. The van der Waals surface area contributed by atoms with Gasteiger partial charge in [-0.1, -0.05) is 41.9 Å². The number of nitrogens with zero attached hydrogens (tertiary/aromatic N) is 1. The molecule has 0 fully saturated rings. The normalized spacial score (nSPS) is 10.1. The van der Waals surface area contributed by atoms with Crippen molar-refractivity contribution in [2.45, 2.75) is 6.61 Å². The molecule has 0 aromatic heterocycles. The summed E-state index contributed by atoms with van der Waals surface area (Å²) in [5.41, 5.74) is 1.27. The Morgan fingerprint density at radius 2 is 2.00 bits per heavy atom. The number of carbonyl (C=O) groups excluding carboxylic acids is 2. The van der Waals surface area contributed by atoms with E-state index >= 15 is 0 Å². The lowest BCUT2D eigenvalue weighted by Crippen LogP contribution is -2.32. The number of benzene rings is 2. The first-order valence-corrected chi connectivity index (χ1v) is 7.63. The van der Waals surface area contributed by atoms with Crippen LogP contribution in [-0.4, -0.2) is 35.7 Å². The molecule has 0 saturated carbocycles. The van der Waals surface area contributed by atoms with Crippen LogP contribution in [0.4, 0.5) is 0 Å². The van der Waals surface area contributed by atoms with Crippen molar-refractivity contribution in [3.05, 3.63) is 64.7 Å². The lowest BCUT2D eigenvalue weighted by molar-refractivity contribution is -0.149. The summed E-state index contributed by atoms with van der Waals surface area (Å²) in [6.07, 6.45) is 0.261. The number of amides is 2. The molecule has 126 valence electrons. The fraction of sp³-hybridized carbons (Fsp3) is 0.176. The van der Waals surface area contributed by atoms with Crippen molar-refractivity contribution < 1.29 is 19.5 Å². The predicted octanol–water partition coefficient (Wildman–Crippen LogP) is 2.50. The molecule has 2 N–H and O–H groups in total. The van der Waals surface area contributed by atoms with E-state index < -0.39 is 5.91 Å². The number of carbonyl (C=O) groups is 2. The molecule has 7 heteroatoms. The number of nitrogens with one attached hydrogen (secondary N) is 1. The molecule has 0 unspecified atom stereocenters. The first-order valence-electron chi connectivity index (χ1n) is 7.25. The summed E-state index contributed by atoms with van der Waals surface area (Å²) in [6, 6.07) is 14.5. The van der Waals surface area contributed by atoms with Gasteiger partial charge in [0.2, 0.25) is 6.41 Å². The Kier molecular flexibility index (Phi) is 6.60. The summed E-state index contributed by atoms with van der Waals surface area (Å²) < 4.78 is 5.66. The summed E-state index contributed by atoms with van der Waals surface area (Å²) in [7, 11) is 0. The van der Waals surface area contributed by atoms with Gasteiger partial charge in [-0.25, -0.2) is 5.06 Å². The van der Waals surface area contributed by atoms with E-state index in [1.54, 1.807) is 18.2 Å². The molecule has 0 aliphatic carbocycles. The van der Waals surface area contributed by atoms with Gasteiger partial charge in [0.1, 0.15) is 12.4 Å². The third-order valence-corrected chi connectivity index (χ3v) is 3.51. The minimum atomic E-state index is -0.413. The largest absolute Gasteiger partial charge is 0.489 e. The lowest BCUT2D eigenvalue weighted by atomic mass is 10.2. The number of hydrogen-bond donors (Lipinski definition) is 2. The van der Waals surface area contributed by atoms with E-state index in [4.69, 9.17) is 21.5 Å². The summed E-state index contributed by atoms with van der Waals surface area (Å²) >= 11 is 6.04. The monoisotopic (exact) mass is 348 g/mol. The topological polar surface area (TPSA) is 78.9 Å². The second-order valence-corrected chi connectivity index (χ2v) is 5.35. The van der Waals surface area contributed by atoms with Gasteiger partial charge < -0.3 is 10.1 Å². The number of hydroxylamine groups is 2. The van der Waals surface area contributed by atoms with Gasteiger partial charge in [-0.05, 0) is 23.8 Å². The number of rotatable bonds is 8. The molecule has 0 spiro atoms. The average molecular weight is 349 g/mol. The SMILES string of the molecule is O=CN(O)CCNC(=O)c1cc(OCc2ccccc2)ccc1Cl. The minimum Gasteiger partial charge on any atom is -0.489 e. The van der Waals surface area contributed by atoms with Crippen LogP contribution in [-0.2, 0) is 11.4 Å². The quantitative estimate of drug-likeness (QED) is 0.436. The number of ether oxygens (including phenoxy) is 1. The van der Waals surface area contributed by atoms with E-state index in [-0.39, 0.29) is 30.1 Å². The van der Waals surface area contributed by atoms with Gasteiger partial charge in [-0.15, -0.1) is 0 Å². The van der Waals surface area contributed by atoms with Crippen LogP contribution >= 0.6 is 11.6 Å². The lowest BCUT2D eigenvalue weighted by Gasteiger charge is -2.12. The minimum absolute atomic E-state index is 0.0168. The molecule has 0 aliphatic heterocycles. The zero-order valence-electron chi connectivity index (χ0n) is 12.8. The average Bonchev–Trinajstić information content (AvgIpc) is 2.61. The maximum absolute atomic E-state index is 12.1. The highest BCUT2D eigenvalue weighted by Gasteiger charge is 2.12. The Morgan fingerprint density at radius 3 is 2.71 bits per heavy atom. The van der Waals surface area contributed by atoms with Crippen LogP contribution in [0, 0.1) is 0 Å². The van der Waals surface area contributed by atoms with Crippen LogP contribution in [0.25, 0.3) is 0 Å². The van der Waals surface area contributed by atoms with Gasteiger partial charge in [-0.2, -0.15) is 0 Å². The van der Waals surface area contributed by atoms with E-state index in [2.05, 4.69) is 5.32 Å². The summed E-state index contributed by atoms with van der Waals surface area (Å²) in [5.74, 6) is 0.106. The highest BCUT2D eigenvalue weighted by molar-refractivity contribution is 6.33. The molecular formula is C17H17ClN2O4. The molecule has 6 nitrogen and oxygen atoms in total. The van der Waals surface area contributed by atoms with Gasteiger partial charge in [0, 0.05) is 6.54 Å². The van der Waals surface area contributed by atoms with Crippen LogP contribution < -0.4 is 10.1 Å². The molecular weight excluding hydrogens is 332 g/mol. The van der Waals surface area contributed by atoms with Crippen molar-refractivity contribution in [3.63, 3.8) is 0 Å². The Labute approximate surface area is 144 Å². The Hall–Kier alpha value is -2.57. The van der Waals surface area contributed by atoms with Gasteiger partial charge in [0.15, 0.2) is 0 Å². The van der Waals surface area contributed by atoms with Crippen molar-refractivity contribution in [2.75, 3.05) is 13.1 Å². The van der Waals surface area contributed by atoms with E-state index in [0.29, 0.717) is 17.4 Å². The van der Waals surface area contributed by atoms with Crippen molar-refractivity contribution in [3.8, 4) is 5.75 Å².